The maximum atomic E-state index is 12.2. The van der Waals surface area contributed by atoms with Crippen LogP contribution in [0.15, 0.2) is 11.8 Å². The zero-order valence-corrected chi connectivity index (χ0v) is 16.6. The van der Waals surface area contributed by atoms with E-state index < -0.39 is 11.9 Å². The Morgan fingerprint density at radius 3 is 1.92 bits per heavy atom. The molecule has 1 N–H and O–H groups in total. The van der Waals surface area contributed by atoms with Crippen LogP contribution in [0, 0.1) is 0 Å². The number of carbonyl (C=O) groups excluding carboxylic acids is 1. The van der Waals surface area contributed by atoms with Gasteiger partial charge in [-0.2, -0.15) is 0 Å². The molecule has 5 nitrogen and oxygen atoms in total. The molecule has 0 aliphatic rings. The van der Waals surface area contributed by atoms with Gasteiger partial charge in [-0.3, -0.25) is 0 Å². The Labute approximate surface area is 153 Å². The van der Waals surface area contributed by atoms with Crippen molar-refractivity contribution < 1.29 is 19.4 Å². The molecule has 0 aromatic heterocycles. The molecule has 0 aliphatic carbocycles. The van der Waals surface area contributed by atoms with Gasteiger partial charge in [-0.25, -0.2) is 9.59 Å². The van der Waals surface area contributed by atoms with Crippen molar-refractivity contribution >= 4 is 11.9 Å². The predicted octanol–water partition coefficient (Wildman–Crippen LogP) is 4.76. The summed E-state index contributed by atoms with van der Waals surface area (Å²) in [6.45, 7) is 4.22. The molecule has 146 valence electrons. The van der Waals surface area contributed by atoms with E-state index in [1.165, 1.54) is 49.8 Å². The highest BCUT2D eigenvalue weighted by Crippen LogP contribution is 2.15. The third kappa shape index (κ3) is 12.5. The minimum Gasteiger partial charge on any atom is -0.478 e. The van der Waals surface area contributed by atoms with Gasteiger partial charge in [0, 0.05) is 14.1 Å². The number of rotatable bonds is 15. The maximum Gasteiger partial charge on any atom is 0.355 e. The molecule has 5 heteroatoms. The van der Waals surface area contributed by atoms with Crippen LogP contribution in [-0.2, 0) is 14.3 Å². The molecule has 0 bridgehead atoms. The first-order valence-corrected chi connectivity index (χ1v) is 9.75. The van der Waals surface area contributed by atoms with Crippen LogP contribution in [0.4, 0.5) is 0 Å². The van der Waals surface area contributed by atoms with Crippen molar-refractivity contribution in [3.63, 3.8) is 0 Å². The topological polar surface area (TPSA) is 66.8 Å². The van der Waals surface area contributed by atoms with Crippen molar-refractivity contribution in [2.24, 2.45) is 0 Å². The molecule has 0 rings (SSSR count). The Hall–Kier alpha value is -1.52. The van der Waals surface area contributed by atoms with Crippen molar-refractivity contribution in [1.29, 1.82) is 0 Å². The molecule has 0 spiro atoms. The number of hydrogen-bond donors (Lipinski definition) is 1. The number of hydrogen-bond acceptors (Lipinski definition) is 4. The lowest BCUT2D eigenvalue weighted by atomic mass is 10.0. The third-order valence-electron chi connectivity index (χ3n) is 4.31. The summed E-state index contributed by atoms with van der Waals surface area (Å²) in [7, 11) is 3.27. The normalized spacial score (nSPS) is 12.7. The van der Waals surface area contributed by atoms with E-state index in [4.69, 9.17) is 9.84 Å². The summed E-state index contributed by atoms with van der Waals surface area (Å²) in [6.07, 6.45) is 13.7. The second-order valence-electron chi connectivity index (χ2n) is 6.81. The fraction of sp³-hybridized carbons (Fsp3) is 0.800. The van der Waals surface area contributed by atoms with Gasteiger partial charge in [0.15, 0.2) is 0 Å². The fourth-order valence-electron chi connectivity index (χ4n) is 2.73. The second-order valence-corrected chi connectivity index (χ2v) is 6.81. The Bertz CT molecular complexity index is 405. The van der Waals surface area contributed by atoms with Crippen LogP contribution < -0.4 is 0 Å². The van der Waals surface area contributed by atoms with Gasteiger partial charge in [-0.15, -0.1) is 0 Å². The number of carbonyl (C=O) groups is 2. The number of carboxylic acids is 1. The number of esters is 1. The highest BCUT2D eigenvalue weighted by Gasteiger charge is 2.19. The Morgan fingerprint density at radius 2 is 1.48 bits per heavy atom. The Kier molecular flexibility index (Phi) is 13.9. The monoisotopic (exact) mass is 355 g/mol. The smallest absolute Gasteiger partial charge is 0.355 e. The zero-order chi connectivity index (χ0) is 19.1. The minimum absolute atomic E-state index is 0.0676. The standard InChI is InChI=1S/C20H37NO4/c1-5-7-8-9-10-11-12-13-14-15-17(6-2)25-20(24)18(21(3)4)16-19(22)23/h16-17H,5-15H2,1-4H3,(H,22,23)/b18-16+. The molecule has 1 atom stereocenters. The van der Waals surface area contributed by atoms with Crippen LogP contribution in [0.3, 0.4) is 0 Å². The molecule has 0 saturated carbocycles. The van der Waals surface area contributed by atoms with Crippen molar-refractivity contribution in [2.75, 3.05) is 14.1 Å². The number of unbranched alkanes of at least 4 members (excludes halogenated alkanes) is 8. The second kappa shape index (κ2) is 14.8. The minimum atomic E-state index is -1.15. The molecular weight excluding hydrogens is 318 g/mol. The molecule has 0 saturated heterocycles. The SMILES string of the molecule is CCCCCCCCCCCC(CC)OC(=O)/C(=C\C(=O)O)N(C)C. The van der Waals surface area contributed by atoms with Gasteiger partial charge in [0.1, 0.15) is 11.8 Å². The lowest BCUT2D eigenvalue weighted by molar-refractivity contribution is -0.147. The first-order valence-electron chi connectivity index (χ1n) is 9.75. The lowest BCUT2D eigenvalue weighted by Gasteiger charge is -2.20. The average molecular weight is 356 g/mol. The largest absolute Gasteiger partial charge is 0.478 e. The van der Waals surface area contributed by atoms with Crippen LogP contribution >= 0.6 is 0 Å². The van der Waals surface area contributed by atoms with E-state index >= 15 is 0 Å². The van der Waals surface area contributed by atoms with Gasteiger partial charge in [0.25, 0.3) is 0 Å². The summed E-state index contributed by atoms with van der Waals surface area (Å²) >= 11 is 0. The van der Waals surface area contributed by atoms with Crippen molar-refractivity contribution in [2.45, 2.75) is 90.6 Å². The molecule has 0 heterocycles. The number of likely N-dealkylation sites (N-methyl/N-ethyl adjacent to an activating group) is 1. The van der Waals surface area contributed by atoms with Crippen molar-refractivity contribution in [3.05, 3.63) is 11.8 Å². The van der Waals surface area contributed by atoms with E-state index in [0.29, 0.717) is 0 Å². The quantitative estimate of drug-likeness (QED) is 0.261. The molecule has 0 aliphatic heterocycles. The van der Waals surface area contributed by atoms with Gasteiger partial charge in [0.2, 0.25) is 0 Å². The van der Waals surface area contributed by atoms with Gasteiger partial charge >= 0.3 is 11.9 Å². The summed E-state index contributed by atoms with van der Waals surface area (Å²) in [5.74, 6) is -1.71. The van der Waals surface area contributed by atoms with Gasteiger partial charge in [0.05, 0.1) is 6.08 Å². The van der Waals surface area contributed by atoms with E-state index in [2.05, 4.69) is 6.92 Å². The van der Waals surface area contributed by atoms with E-state index in [-0.39, 0.29) is 11.8 Å². The summed E-state index contributed by atoms with van der Waals surface area (Å²) in [5, 5.41) is 8.85. The summed E-state index contributed by atoms with van der Waals surface area (Å²) < 4.78 is 5.48. The highest BCUT2D eigenvalue weighted by molar-refractivity contribution is 5.95. The molecular formula is C20H37NO4. The van der Waals surface area contributed by atoms with Gasteiger partial charge < -0.3 is 14.7 Å². The first kappa shape index (κ1) is 23.5. The van der Waals surface area contributed by atoms with E-state index in [0.717, 1.165) is 31.8 Å². The number of nitrogens with zero attached hydrogens (tertiary/aromatic N) is 1. The average Bonchev–Trinajstić information content (AvgIpc) is 2.56. The summed E-state index contributed by atoms with van der Waals surface area (Å²) in [4.78, 5) is 24.4. The molecule has 0 radical (unpaired) electrons. The highest BCUT2D eigenvalue weighted by atomic mass is 16.5. The number of carboxylic acid groups (broad SMARTS) is 1. The number of ether oxygens (including phenoxy) is 1. The van der Waals surface area contributed by atoms with Crippen LogP contribution in [0.2, 0.25) is 0 Å². The lowest BCUT2D eigenvalue weighted by Crippen LogP contribution is -2.26. The van der Waals surface area contributed by atoms with Crippen LogP contribution in [-0.4, -0.2) is 42.1 Å². The summed E-state index contributed by atoms with van der Waals surface area (Å²) in [5.41, 5.74) is 0.0676. The van der Waals surface area contributed by atoms with E-state index in [9.17, 15) is 9.59 Å². The van der Waals surface area contributed by atoms with Crippen molar-refractivity contribution in [1.82, 2.24) is 4.90 Å². The third-order valence-corrected chi connectivity index (χ3v) is 4.31. The molecule has 0 amide bonds. The Morgan fingerprint density at radius 1 is 0.960 bits per heavy atom. The molecule has 0 aromatic carbocycles. The molecule has 0 fully saturated rings. The maximum absolute atomic E-state index is 12.2. The summed E-state index contributed by atoms with van der Waals surface area (Å²) in [6, 6.07) is 0. The van der Waals surface area contributed by atoms with E-state index in [1.54, 1.807) is 14.1 Å². The molecule has 25 heavy (non-hydrogen) atoms. The first-order chi connectivity index (χ1) is 11.9. The Balaban J connectivity index is 4.05. The zero-order valence-electron chi connectivity index (χ0n) is 16.6. The predicted molar refractivity (Wildman–Crippen MR) is 101 cm³/mol. The molecule has 0 aromatic rings. The fourth-order valence-corrected chi connectivity index (χ4v) is 2.73. The van der Waals surface area contributed by atoms with Crippen molar-refractivity contribution in [3.8, 4) is 0 Å². The van der Waals surface area contributed by atoms with Crippen LogP contribution in [0.25, 0.3) is 0 Å². The van der Waals surface area contributed by atoms with Crippen LogP contribution in [0.1, 0.15) is 84.5 Å². The number of aliphatic carboxylic acids is 1. The van der Waals surface area contributed by atoms with Gasteiger partial charge in [-0.05, 0) is 19.3 Å². The van der Waals surface area contributed by atoms with Crippen LogP contribution in [0.5, 0.6) is 0 Å². The molecule has 1 unspecified atom stereocenters. The van der Waals surface area contributed by atoms with Gasteiger partial charge in [-0.1, -0.05) is 65.2 Å². The van der Waals surface area contributed by atoms with E-state index in [1.807, 2.05) is 6.92 Å².